The fourth-order valence-electron chi connectivity index (χ4n) is 1.91. The number of nitrogen functional groups attached to an aromatic ring is 1. The standard InChI is InChI=1S/C13H14N4O2/c1-16(9-10-4-3-7-15-8-10)12-6-2-5-11(14)13(12)17(18)19/h2-8H,9,14H2,1H3. The largest absolute Gasteiger partial charge is 0.393 e. The molecule has 0 saturated heterocycles. The van der Waals surface area contributed by atoms with E-state index in [-0.39, 0.29) is 11.4 Å². The maximum Gasteiger partial charge on any atom is 0.315 e. The Morgan fingerprint density at radius 2 is 2.16 bits per heavy atom. The first kappa shape index (κ1) is 12.8. The fourth-order valence-corrected chi connectivity index (χ4v) is 1.91. The topological polar surface area (TPSA) is 85.3 Å². The lowest BCUT2D eigenvalue weighted by Gasteiger charge is -2.19. The lowest BCUT2D eigenvalue weighted by Crippen LogP contribution is -2.18. The quantitative estimate of drug-likeness (QED) is 0.516. The van der Waals surface area contributed by atoms with E-state index in [1.54, 1.807) is 36.5 Å². The summed E-state index contributed by atoms with van der Waals surface area (Å²) in [6, 6.07) is 8.67. The molecule has 1 aromatic heterocycles. The van der Waals surface area contributed by atoms with Gasteiger partial charge < -0.3 is 10.6 Å². The van der Waals surface area contributed by atoms with Crippen LogP contribution in [-0.4, -0.2) is 17.0 Å². The fraction of sp³-hybridized carbons (Fsp3) is 0.154. The molecule has 2 N–H and O–H groups in total. The lowest BCUT2D eigenvalue weighted by atomic mass is 10.2. The van der Waals surface area contributed by atoms with Gasteiger partial charge in [-0.25, -0.2) is 0 Å². The van der Waals surface area contributed by atoms with Crippen molar-refractivity contribution in [2.45, 2.75) is 6.54 Å². The Morgan fingerprint density at radius 3 is 2.79 bits per heavy atom. The maximum atomic E-state index is 11.1. The Labute approximate surface area is 110 Å². The van der Waals surface area contributed by atoms with Gasteiger partial charge in [0.1, 0.15) is 11.4 Å². The van der Waals surface area contributed by atoms with Gasteiger partial charge in [-0.15, -0.1) is 0 Å². The van der Waals surface area contributed by atoms with Crippen molar-refractivity contribution in [1.82, 2.24) is 4.98 Å². The lowest BCUT2D eigenvalue weighted by molar-refractivity contribution is -0.383. The van der Waals surface area contributed by atoms with Crippen LogP contribution in [0, 0.1) is 10.1 Å². The number of hydrogen-bond acceptors (Lipinski definition) is 5. The van der Waals surface area contributed by atoms with Crippen molar-refractivity contribution >= 4 is 17.1 Å². The second-order valence-corrected chi connectivity index (χ2v) is 4.19. The summed E-state index contributed by atoms with van der Waals surface area (Å²) in [4.78, 5) is 16.4. The molecule has 0 aliphatic heterocycles. The Balaban J connectivity index is 2.31. The van der Waals surface area contributed by atoms with Crippen LogP contribution in [-0.2, 0) is 6.54 Å². The molecule has 0 radical (unpaired) electrons. The molecule has 1 aromatic carbocycles. The van der Waals surface area contributed by atoms with E-state index in [1.807, 2.05) is 12.1 Å². The van der Waals surface area contributed by atoms with Crippen molar-refractivity contribution in [2.75, 3.05) is 17.7 Å². The van der Waals surface area contributed by atoms with Gasteiger partial charge in [0, 0.05) is 26.0 Å². The van der Waals surface area contributed by atoms with Gasteiger partial charge in [-0.05, 0) is 23.8 Å². The Morgan fingerprint density at radius 1 is 1.37 bits per heavy atom. The summed E-state index contributed by atoms with van der Waals surface area (Å²) in [6.45, 7) is 0.526. The van der Waals surface area contributed by atoms with Crippen LogP contribution in [0.2, 0.25) is 0 Å². The molecule has 19 heavy (non-hydrogen) atoms. The summed E-state index contributed by atoms with van der Waals surface area (Å²) >= 11 is 0. The minimum absolute atomic E-state index is 0.0612. The molecule has 98 valence electrons. The van der Waals surface area contributed by atoms with Gasteiger partial charge in [0.05, 0.1) is 4.92 Å². The van der Waals surface area contributed by atoms with E-state index in [0.717, 1.165) is 5.56 Å². The number of nitrogens with two attached hydrogens (primary N) is 1. The van der Waals surface area contributed by atoms with E-state index in [9.17, 15) is 10.1 Å². The van der Waals surface area contributed by atoms with Gasteiger partial charge in [-0.1, -0.05) is 12.1 Å². The van der Waals surface area contributed by atoms with Crippen LogP contribution in [0.15, 0.2) is 42.7 Å². The van der Waals surface area contributed by atoms with Gasteiger partial charge in [0.2, 0.25) is 0 Å². The van der Waals surface area contributed by atoms with E-state index >= 15 is 0 Å². The van der Waals surface area contributed by atoms with Crippen LogP contribution in [0.25, 0.3) is 0 Å². The molecule has 0 spiro atoms. The Bertz CT molecular complexity index is 586. The number of nitro benzene ring substituents is 1. The van der Waals surface area contributed by atoms with Crippen molar-refractivity contribution in [2.24, 2.45) is 0 Å². The molecule has 0 aliphatic rings. The first-order valence-electron chi connectivity index (χ1n) is 5.72. The van der Waals surface area contributed by atoms with E-state index in [2.05, 4.69) is 4.98 Å². The highest BCUT2D eigenvalue weighted by Gasteiger charge is 2.20. The Hall–Kier alpha value is -2.63. The number of nitrogens with zero attached hydrogens (tertiary/aromatic N) is 3. The van der Waals surface area contributed by atoms with Crippen LogP contribution in [0.4, 0.5) is 17.1 Å². The zero-order chi connectivity index (χ0) is 13.8. The summed E-state index contributed by atoms with van der Waals surface area (Å²) < 4.78 is 0. The summed E-state index contributed by atoms with van der Waals surface area (Å²) in [5.74, 6) is 0. The second-order valence-electron chi connectivity index (χ2n) is 4.19. The molecule has 2 rings (SSSR count). The van der Waals surface area contributed by atoms with Crippen molar-refractivity contribution in [3.63, 3.8) is 0 Å². The molecule has 2 aromatic rings. The monoisotopic (exact) mass is 258 g/mol. The normalized spacial score (nSPS) is 10.2. The predicted octanol–water partition coefficient (Wildman–Crippen LogP) is 2.21. The highest BCUT2D eigenvalue weighted by Crippen LogP contribution is 2.33. The number of pyridine rings is 1. The van der Waals surface area contributed by atoms with Gasteiger partial charge in [-0.3, -0.25) is 15.1 Å². The molecule has 6 nitrogen and oxygen atoms in total. The highest BCUT2D eigenvalue weighted by molar-refractivity contribution is 5.75. The number of benzene rings is 1. The molecule has 0 unspecified atom stereocenters. The van der Waals surface area contributed by atoms with Crippen LogP contribution in [0.1, 0.15) is 5.56 Å². The maximum absolute atomic E-state index is 11.1. The van der Waals surface area contributed by atoms with Crippen LogP contribution in [0.3, 0.4) is 0 Å². The van der Waals surface area contributed by atoms with E-state index in [4.69, 9.17) is 5.73 Å². The minimum Gasteiger partial charge on any atom is -0.393 e. The summed E-state index contributed by atoms with van der Waals surface area (Å²) in [5, 5.41) is 11.1. The third-order valence-corrected chi connectivity index (χ3v) is 2.78. The molecule has 0 fully saturated rings. The number of aromatic nitrogens is 1. The third-order valence-electron chi connectivity index (χ3n) is 2.78. The molecule has 1 heterocycles. The zero-order valence-electron chi connectivity index (χ0n) is 10.5. The third kappa shape index (κ3) is 2.79. The zero-order valence-corrected chi connectivity index (χ0v) is 10.5. The first-order valence-corrected chi connectivity index (χ1v) is 5.72. The molecule has 0 amide bonds. The van der Waals surface area contributed by atoms with Crippen LogP contribution in [0.5, 0.6) is 0 Å². The number of hydrogen-bond donors (Lipinski definition) is 1. The van der Waals surface area contributed by atoms with E-state index < -0.39 is 4.92 Å². The molecular weight excluding hydrogens is 244 g/mol. The Kier molecular flexibility index (Phi) is 3.61. The van der Waals surface area contributed by atoms with Gasteiger partial charge in [-0.2, -0.15) is 0 Å². The van der Waals surface area contributed by atoms with Gasteiger partial charge in [0.25, 0.3) is 0 Å². The SMILES string of the molecule is CN(Cc1cccnc1)c1cccc(N)c1[N+](=O)[O-]. The highest BCUT2D eigenvalue weighted by atomic mass is 16.6. The summed E-state index contributed by atoms with van der Waals surface area (Å²) in [6.07, 6.45) is 3.42. The van der Waals surface area contributed by atoms with Gasteiger partial charge >= 0.3 is 5.69 Å². The summed E-state index contributed by atoms with van der Waals surface area (Å²) in [7, 11) is 1.79. The van der Waals surface area contributed by atoms with Crippen LogP contribution >= 0.6 is 0 Å². The summed E-state index contributed by atoms with van der Waals surface area (Å²) in [5.41, 5.74) is 7.25. The molecule has 0 atom stereocenters. The average molecular weight is 258 g/mol. The molecule has 0 aliphatic carbocycles. The first-order chi connectivity index (χ1) is 9.09. The minimum atomic E-state index is -0.454. The molecule has 0 bridgehead atoms. The second kappa shape index (κ2) is 5.34. The van der Waals surface area contributed by atoms with E-state index in [0.29, 0.717) is 12.2 Å². The molecule has 0 saturated carbocycles. The van der Waals surface area contributed by atoms with Gasteiger partial charge in [0.15, 0.2) is 0 Å². The number of anilines is 2. The number of para-hydroxylation sites is 1. The van der Waals surface area contributed by atoms with Crippen molar-refractivity contribution in [3.05, 3.63) is 58.4 Å². The number of nitro groups is 1. The van der Waals surface area contributed by atoms with Crippen molar-refractivity contribution in [1.29, 1.82) is 0 Å². The molecule has 6 heteroatoms. The molecular formula is C13H14N4O2. The van der Waals surface area contributed by atoms with E-state index in [1.165, 1.54) is 6.07 Å². The number of rotatable bonds is 4. The van der Waals surface area contributed by atoms with Crippen molar-refractivity contribution < 1.29 is 4.92 Å². The average Bonchev–Trinajstić information content (AvgIpc) is 2.39. The predicted molar refractivity (Wildman–Crippen MR) is 73.9 cm³/mol. The van der Waals surface area contributed by atoms with Crippen molar-refractivity contribution in [3.8, 4) is 0 Å². The van der Waals surface area contributed by atoms with Crippen LogP contribution < -0.4 is 10.6 Å². The smallest absolute Gasteiger partial charge is 0.315 e.